The second-order valence-electron chi connectivity index (χ2n) is 3.41. The van der Waals surface area contributed by atoms with E-state index in [0.29, 0.717) is 19.0 Å². The first-order chi connectivity index (χ1) is 4.33. The molecule has 1 aliphatic carbocycles. The highest BCUT2D eigenvalue weighted by Gasteiger charge is 2.29. The van der Waals surface area contributed by atoms with Gasteiger partial charge < -0.3 is 0 Å². The van der Waals surface area contributed by atoms with Gasteiger partial charge in [0.2, 0.25) is 0 Å². The van der Waals surface area contributed by atoms with Gasteiger partial charge in [0.05, 0.1) is 0 Å². The van der Waals surface area contributed by atoms with E-state index in [1.54, 1.807) is 25.7 Å². The molecular formula is C7H18Si2. The van der Waals surface area contributed by atoms with Crippen LogP contribution in [0.5, 0.6) is 0 Å². The highest BCUT2D eigenvalue weighted by molar-refractivity contribution is 6.60. The highest BCUT2D eigenvalue weighted by Crippen LogP contribution is 2.42. The molecule has 0 unspecified atom stereocenters. The van der Waals surface area contributed by atoms with Gasteiger partial charge in [-0.25, -0.2) is 0 Å². The maximum Gasteiger partial charge on any atom is 0.0200 e. The first-order valence-electron chi connectivity index (χ1n) is 4.33. The summed E-state index contributed by atoms with van der Waals surface area (Å²) in [5.74, 6) is 0. The molecule has 54 valence electrons. The Morgan fingerprint density at radius 3 is 1.67 bits per heavy atom. The summed E-state index contributed by atoms with van der Waals surface area (Å²) in [6.45, 7) is 5.03. The van der Waals surface area contributed by atoms with Crippen molar-refractivity contribution in [2.75, 3.05) is 0 Å². The van der Waals surface area contributed by atoms with Crippen molar-refractivity contribution in [1.29, 1.82) is 0 Å². The van der Waals surface area contributed by atoms with E-state index >= 15 is 0 Å². The molecule has 0 aromatic carbocycles. The lowest BCUT2D eigenvalue weighted by Gasteiger charge is -2.23. The minimum Gasteiger partial charge on any atom is -0.0746 e. The third kappa shape index (κ3) is 1.47. The maximum atomic E-state index is 2.52. The molecule has 0 amide bonds. The summed E-state index contributed by atoms with van der Waals surface area (Å²) in [5, 5.41) is 0. The van der Waals surface area contributed by atoms with E-state index in [1.165, 1.54) is 0 Å². The molecule has 0 atom stereocenters. The Morgan fingerprint density at radius 2 is 1.44 bits per heavy atom. The SMILES string of the molecule is C[SiH2]C1([SiH2]C)CCCC1. The van der Waals surface area contributed by atoms with Gasteiger partial charge in [-0.15, -0.1) is 0 Å². The third-order valence-corrected chi connectivity index (χ3v) is 10.6. The fourth-order valence-corrected chi connectivity index (χ4v) is 6.50. The Hall–Kier alpha value is 0.434. The van der Waals surface area contributed by atoms with E-state index in [2.05, 4.69) is 13.1 Å². The smallest absolute Gasteiger partial charge is 0.0200 e. The lowest BCUT2D eigenvalue weighted by Crippen LogP contribution is -2.19. The summed E-state index contributed by atoms with van der Waals surface area (Å²) in [7, 11) is 0.691. The van der Waals surface area contributed by atoms with Crippen LogP contribution in [0.15, 0.2) is 0 Å². The van der Waals surface area contributed by atoms with Crippen LogP contribution in [0.2, 0.25) is 17.8 Å². The molecule has 1 aliphatic rings. The summed E-state index contributed by atoms with van der Waals surface area (Å²) in [6.07, 6.45) is 6.36. The topological polar surface area (TPSA) is 0 Å². The van der Waals surface area contributed by atoms with Crippen LogP contribution in [0.1, 0.15) is 25.7 Å². The van der Waals surface area contributed by atoms with Crippen molar-refractivity contribution >= 4 is 19.0 Å². The third-order valence-electron chi connectivity index (χ3n) is 3.16. The Balaban J connectivity index is 2.45. The molecule has 0 aromatic heterocycles. The van der Waals surface area contributed by atoms with E-state index in [4.69, 9.17) is 0 Å². The first-order valence-corrected chi connectivity index (χ1v) is 8.57. The molecule has 0 bridgehead atoms. The normalized spacial score (nSPS) is 27.3. The fraction of sp³-hybridized carbons (Fsp3) is 1.00. The molecule has 0 aromatic rings. The number of hydrogen-bond donors (Lipinski definition) is 0. The van der Waals surface area contributed by atoms with Crippen molar-refractivity contribution in [3.63, 3.8) is 0 Å². The summed E-state index contributed by atoms with van der Waals surface area (Å²) in [6, 6.07) is 0. The molecule has 0 radical (unpaired) electrons. The zero-order valence-corrected chi connectivity index (χ0v) is 9.57. The zero-order chi connectivity index (χ0) is 6.74. The number of rotatable bonds is 2. The molecule has 0 spiro atoms. The minimum atomic E-state index is 0.345. The molecule has 0 N–H and O–H groups in total. The standard InChI is InChI=1S/C7H18Si2/c1-8-7(9-2)5-3-4-6-7/h3-6,8-9H2,1-2H3. The van der Waals surface area contributed by atoms with E-state index < -0.39 is 0 Å². The minimum absolute atomic E-state index is 0.345. The van der Waals surface area contributed by atoms with Gasteiger partial charge in [0.15, 0.2) is 0 Å². The predicted molar refractivity (Wildman–Crippen MR) is 50.0 cm³/mol. The van der Waals surface area contributed by atoms with Gasteiger partial charge in [-0.1, -0.05) is 38.8 Å². The van der Waals surface area contributed by atoms with Gasteiger partial charge in [-0.05, 0) is 4.66 Å². The van der Waals surface area contributed by atoms with Gasteiger partial charge in [0.1, 0.15) is 0 Å². The Labute approximate surface area is 63.1 Å². The van der Waals surface area contributed by atoms with Gasteiger partial charge in [0, 0.05) is 19.0 Å². The van der Waals surface area contributed by atoms with Crippen molar-refractivity contribution in [2.45, 2.75) is 43.4 Å². The Kier molecular flexibility index (Phi) is 2.53. The summed E-state index contributed by atoms with van der Waals surface area (Å²) < 4.78 is 1.06. The Bertz CT molecular complexity index is 78.9. The van der Waals surface area contributed by atoms with Crippen LogP contribution in [-0.4, -0.2) is 19.0 Å². The van der Waals surface area contributed by atoms with Crippen LogP contribution in [-0.2, 0) is 0 Å². The van der Waals surface area contributed by atoms with E-state index in [-0.39, 0.29) is 0 Å². The van der Waals surface area contributed by atoms with Crippen LogP contribution in [0.25, 0.3) is 0 Å². The largest absolute Gasteiger partial charge is 0.0746 e. The van der Waals surface area contributed by atoms with Gasteiger partial charge in [-0.2, -0.15) is 0 Å². The van der Waals surface area contributed by atoms with Gasteiger partial charge in [-0.3, -0.25) is 0 Å². The molecule has 0 saturated heterocycles. The first kappa shape index (κ1) is 7.54. The van der Waals surface area contributed by atoms with Crippen molar-refractivity contribution in [3.05, 3.63) is 0 Å². The van der Waals surface area contributed by atoms with Crippen LogP contribution >= 0.6 is 0 Å². The van der Waals surface area contributed by atoms with Crippen molar-refractivity contribution in [2.24, 2.45) is 0 Å². The van der Waals surface area contributed by atoms with Crippen molar-refractivity contribution in [3.8, 4) is 0 Å². The lowest BCUT2D eigenvalue weighted by molar-refractivity contribution is 0.776. The lowest BCUT2D eigenvalue weighted by atomic mass is 10.3. The van der Waals surface area contributed by atoms with Crippen molar-refractivity contribution < 1.29 is 0 Å². The molecule has 1 rings (SSSR count). The maximum absolute atomic E-state index is 2.52. The summed E-state index contributed by atoms with van der Waals surface area (Å²) in [4.78, 5) is 0. The van der Waals surface area contributed by atoms with E-state index in [1.807, 2.05) is 0 Å². The second kappa shape index (κ2) is 3.01. The summed E-state index contributed by atoms with van der Waals surface area (Å²) >= 11 is 0. The molecule has 0 aliphatic heterocycles. The molecule has 1 fully saturated rings. The number of hydrogen-bond acceptors (Lipinski definition) is 0. The van der Waals surface area contributed by atoms with Crippen molar-refractivity contribution in [1.82, 2.24) is 0 Å². The second-order valence-corrected chi connectivity index (χ2v) is 8.83. The zero-order valence-electron chi connectivity index (χ0n) is 6.74. The van der Waals surface area contributed by atoms with Crippen LogP contribution in [0.4, 0.5) is 0 Å². The van der Waals surface area contributed by atoms with Gasteiger partial charge >= 0.3 is 0 Å². The van der Waals surface area contributed by atoms with Crippen LogP contribution in [0.3, 0.4) is 0 Å². The molecule has 0 heterocycles. The monoisotopic (exact) mass is 158 g/mol. The molecule has 9 heavy (non-hydrogen) atoms. The molecule has 2 heteroatoms. The van der Waals surface area contributed by atoms with E-state index in [9.17, 15) is 0 Å². The predicted octanol–water partition coefficient (Wildman–Crippen LogP) is 1.11. The van der Waals surface area contributed by atoms with Crippen LogP contribution < -0.4 is 0 Å². The van der Waals surface area contributed by atoms with E-state index in [0.717, 1.165) is 4.66 Å². The molecule has 0 nitrogen and oxygen atoms in total. The summed E-state index contributed by atoms with van der Waals surface area (Å²) in [5.41, 5.74) is 0. The fourth-order valence-electron chi connectivity index (χ4n) is 2.08. The quantitative estimate of drug-likeness (QED) is 0.528. The highest BCUT2D eigenvalue weighted by atomic mass is 28.3. The molecular weight excluding hydrogens is 140 g/mol. The Morgan fingerprint density at radius 1 is 1.00 bits per heavy atom. The van der Waals surface area contributed by atoms with Gasteiger partial charge in [0.25, 0.3) is 0 Å². The molecule has 1 saturated carbocycles. The van der Waals surface area contributed by atoms with Crippen LogP contribution in [0, 0.1) is 0 Å². The average molecular weight is 158 g/mol. The average Bonchev–Trinajstić information content (AvgIpc) is 2.36.